The largest absolute Gasteiger partial charge is 0.494 e. The van der Waals surface area contributed by atoms with E-state index in [9.17, 15) is 4.79 Å². The summed E-state index contributed by atoms with van der Waals surface area (Å²) in [5.74, 6) is 3.28. The van der Waals surface area contributed by atoms with Gasteiger partial charge in [0.25, 0.3) is 0 Å². The number of ether oxygens (including phenoxy) is 3. The molecule has 2 aromatic carbocycles. The summed E-state index contributed by atoms with van der Waals surface area (Å²) in [5, 5.41) is 0.426. The van der Waals surface area contributed by atoms with Crippen LogP contribution in [0, 0.1) is 11.8 Å². The molecule has 44 heavy (non-hydrogen) atoms. The highest BCUT2D eigenvalue weighted by atomic mass is 35.5. The number of carbonyl (C=O) groups excluding carboxylic acids is 1. The molecule has 0 amide bonds. The number of hydrogen-bond acceptors (Lipinski definition) is 4. The third-order valence-electron chi connectivity index (χ3n) is 9.17. The molecule has 0 N–H and O–H groups in total. The second-order valence-corrected chi connectivity index (χ2v) is 13.3. The first kappa shape index (κ1) is 36.3. The van der Waals surface area contributed by atoms with Gasteiger partial charge < -0.3 is 14.2 Å². The van der Waals surface area contributed by atoms with Crippen LogP contribution in [-0.4, -0.2) is 19.2 Å². The fourth-order valence-electron chi connectivity index (χ4n) is 6.34. The lowest BCUT2D eigenvalue weighted by atomic mass is 9.78. The van der Waals surface area contributed by atoms with Crippen molar-refractivity contribution in [2.24, 2.45) is 11.8 Å². The highest BCUT2D eigenvalue weighted by molar-refractivity contribution is 6.32. The summed E-state index contributed by atoms with van der Waals surface area (Å²) in [6, 6.07) is 12.4. The average molecular weight is 627 g/mol. The Morgan fingerprint density at radius 3 is 1.77 bits per heavy atom. The first-order valence-corrected chi connectivity index (χ1v) is 18.3. The lowest BCUT2D eigenvalue weighted by molar-refractivity contribution is 0.0734. The molecule has 0 saturated heterocycles. The van der Waals surface area contributed by atoms with Gasteiger partial charge in [-0.25, -0.2) is 4.79 Å². The second kappa shape index (κ2) is 22.3. The molecule has 1 aliphatic rings. The number of carbonyl (C=O) groups is 1. The van der Waals surface area contributed by atoms with Gasteiger partial charge in [0, 0.05) is 0 Å². The van der Waals surface area contributed by atoms with Crippen molar-refractivity contribution in [1.82, 2.24) is 0 Å². The summed E-state index contributed by atoms with van der Waals surface area (Å²) < 4.78 is 17.4. The highest BCUT2D eigenvalue weighted by Crippen LogP contribution is 2.34. The van der Waals surface area contributed by atoms with Gasteiger partial charge in [-0.2, -0.15) is 0 Å². The van der Waals surface area contributed by atoms with E-state index in [0.717, 1.165) is 37.0 Å². The molecule has 0 spiro atoms. The Labute approximate surface area is 273 Å². The molecule has 1 aliphatic carbocycles. The zero-order valence-electron chi connectivity index (χ0n) is 27.8. The smallest absolute Gasteiger partial charge is 0.343 e. The van der Waals surface area contributed by atoms with Crippen molar-refractivity contribution in [2.45, 2.75) is 142 Å². The van der Waals surface area contributed by atoms with Crippen LogP contribution in [0.5, 0.6) is 17.2 Å². The van der Waals surface area contributed by atoms with Crippen molar-refractivity contribution in [3.63, 3.8) is 0 Å². The maximum atomic E-state index is 12.7. The van der Waals surface area contributed by atoms with Crippen LogP contribution >= 0.6 is 11.6 Å². The molecule has 1 fully saturated rings. The molecule has 0 radical (unpaired) electrons. The molecule has 0 heterocycles. The molecule has 4 nitrogen and oxygen atoms in total. The molecular weight excluding hydrogens is 568 g/mol. The fourth-order valence-corrected chi connectivity index (χ4v) is 6.58. The van der Waals surface area contributed by atoms with E-state index in [1.165, 1.54) is 116 Å². The Hall–Kier alpha value is -2.20. The van der Waals surface area contributed by atoms with Crippen LogP contribution in [0.15, 0.2) is 42.5 Å². The van der Waals surface area contributed by atoms with Crippen LogP contribution in [0.1, 0.15) is 153 Å². The van der Waals surface area contributed by atoms with Crippen molar-refractivity contribution in [3.8, 4) is 17.2 Å². The number of unbranched alkanes of at least 4 members (excludes halogenated alkanes) is 11. The van der Waals surface area contributed by atoms with Crippen LogP contribution in [0.3, 0.4) is 0 Å². The van der Waals surface area contributed by atoms with Crippen molar-refractivity contribution in [2.75, 3.05) is 13.2 Å². The average Bonchev–Trinajstić information content (AvgIpc) is 3.04. The fraction of sp³-hybridized carbons (Fsp3) is 0.667. The first-order chi connectivity index (χ1) is 21.6. The summed E-state index contributed by atoms with van der Waals surface area (Å²) in [7, 11) is 0. The highest BCUT2D eigenvalue weighted by Gasteiger charge is 2.20. The third kappa shape index (κ3) is 14.7. The second-order valence-electron chi connectivity index (χ2n) is 12.9. The van der Waals surface area contributed by atoms with Gasteiger partial charge in [0.1, 0.15) is 17.2 Å². The third-order valence-corrected chi connectivity index (χ3v) is 9.46. The summed E-state index contributed by atoms with van der Waals surface area (Å²) in [6.07, 6.45) is 26.4. The number of hydrogen-bond donors (Lipinski definition) is 0. The van der Waals surface area contributed by atoms with Gasteiger partial charge in [0.2, 0.25) is 0 Å². The Morgan fingerprint density at radius 1 is 0.636 bits per heavy atom. The van der Waals surface area contributed by atoms with E-state index in [0.29, 0.717) is 28.7 Å². The molecule has 0 unspecified atom stereocenters. The summed E-state index contributed by atoms with van der Waals surface area (Å²) >= 11 is 6.42. The molecular formula is C39H59ClO4. The Morgan fingerprint density at radius 2 is 1.16 bits per heavy atom. The van der Waals surface area contributed by atoms with Gasteiger partial charge in [0.05, 0.1) is 23.8 Å². The van der Waals surface area contributed by atoms with Crippen LogP contribution in [-0.2, 0) is 0 Å². The van der Waals surface area contributed by atoms with E-state index < -0.39 is 5.97 Å². The topological polar surface area (TPSA) is 44.8 Å². The van der Waals surface area contributed by atoms with Gasteiger partial charge in [-0.3, -0.25) is 0 Å². The predicted molar refractivity (Wildman–Crippen MR) is 185 cm³/mol. The molecule has 1 saturated carbocycles. The van der Waals surface area contributed by atoms with E-state index in [2.05, 4.69) is 13.8 Å². The molecule has 0 aliphatic heterocycles. The van der Waals surface area contributed by atoms with Crippen LogP contribution in [0.4, 0.5) is 0 Å². The van der Waals surface area contributed by atoms with Gasteiger partial charge in [-0.05, 0) is 73.6 Å². The molecule has 0 aromatic heterocycles. The number of rotatable bonds is 23. The number of benzene rings is 2. The molecule has 2 aromatic rings. The zero-order chi connectivity index (χ0) is 31.2. The van der Waals surface area contributed by atoms with E-state index in [1.54, 1.807) is 30.3 Å². The van der Waals surface area contributed by atoms with Gasteiger partial charge in [-0.15, -0.1) is 0 Å². The predicted octanol–water partition coefficient (Wildman–Crippen LogP) is 12.4. The van der Waals surface area contributed by atoms with Crippen molar-refractivity contribution in [1.29, 1.82) is 0 Å². The number of halogens is 1. The van der Waals surface area contributed by atoms with Crippen molar-refractivity contribution in [3.05, 3.63) is 53.1 Å². The zero-order valence-corrected chi connectivity index (χ0v) is 28.5. The quantitative estimate of drug-likeness (QED) is 0.0699. The maximum absolute atomic E-state index is 12.7. The summed E-state index contributed by atoms with van der Waals surface area (Å²) in [6.45, 7) is 5.90. The minimum absolute atomic E-state index is 0.400. The number of esters is 1. The maximum Gasteiger partial charge on any atom is 0.343 e. The molecule has 3 rings (SSSR count). The first-order valence-electron chi connectivity index (χ1n) is 18.0. The standard InChI is InChI=1S/C39H59ClO4/c1-3-5-7-8-9-10-11-12-13-15-29-43-38-28-23-34(31-37(38)40)39(41)44-36-26-24-35(25-27-36)42-30-16-18-33-21-19-32(20-22-33)17-14-6-4-2/h23-28,31-33H,3-22,29-30H2,1-2H3/t32-,33-. The van der Waals surface area contributed by atoms with Crippen molar-refractivity contribution < 1.29 is 19.0 Å². The molecule has 0 bridgehead atoms. The van der Waals surface area contributed by atoms with Gasteiger partial charge in [0.15, 0.2) is 0 Å². The summed E-state index contributed by atoms with van der Waals surface area (Å²) in [4.78, 5) is 12.7. The van der Waals surface area contributed by atoms with Crippen LogP contribution in [0.25, 0.3) is 0 Å². The van der Waals surface area contributed by atoms with Gasteiger partial charge >= 0.3 is 5.97 Å². The molecule has 5 heteroatoms. The molecule has 246 valence electrons. The Kier molecular flexibility index (Phi) is 18.4. The molecule has 0 atom stereocenters. The van der Waals surface area contributed by atoms with Crippen molar-refractivity contribution >= 4 is 17.6 Å². The van der Waals surface area contributed by atoms with E-state index >= 15 is 0 Å². The van der Waals surface area contributed by atoms with Crippen LogP contribution < -0.4 is 14.2 Å². The SMILES string of the molecule is CCCCCCCCCCCCOc1ccc(C(=O)Oc2ccc(OCCC[C@H]3CC[C@H](CCCCC)CC3)cc2)cc1Cl. The minimum Gasteiger partial charge on any atom is -0.494 e. The minimum atomic E-state index is -0.443. The lowest BCUT2D eigenvalue weighted by Gasteiger charge is -2.28. The lowest BCUT2D eigenvalue weighted by Crippen LogP contribution is -2.15. The van der Waals surface area contributed by atoms with E-state index in [1.807, 2.05) is 12.1 Å². The Balaban J connectivity index is 1.26. The normalized spacial score (nSPS) is 16.5. The van der Waals surface area contributed by atoms with Crippen LogP contribution in [0.2, 0.25) is 5.02 Å². The van der Waals surface area contributed by atoms with Gasteiger partial charge in [-0.1, -0.05) is 135 Å². The summed E-state index contributed by atoms with van der Waals surface area (Å²) in [5.41, 5.74) is 0.400. The monoisotopic (exact) mass is 626 g/mol. The Bertz CT molecular complexity index is 1030. The van der Waals surface area contributed by atoms with E-state index in [-0.39, 0.29) is 0 Å². The van der Waals surface area contributed by atoms with E-state index in [4.69, 9.17) is 25.8 Å².